The summed E-state index contributed by atoms with van der Waals surface area (Å²) in [5.41, 5.74) is -0.210. The van der Waals surface area contributed by atoms with Crippen LogP contribution in [0.1, 0.15) is 5.56 Å². The van der Waals surface area contributed by atoms with Gasteiger partial charge >= 0.3 is 0 Å². The maximum atomic E-state index is 13.4. The molecule has 0 spiro atoms. The first-order valence-corrected chi connectivity index (χ1v) is 4.40. The fraction of sp³-hybridized carbons (Fsp3) is 0.400. The molecule has 1 aliphatic heterocycles. The van der Waals surface area contributed by atoms with E-state index in [4.69, 9.17) is 4.74 Å². The largest absolute Gasteiger partial charge is 0.377 e. The molecule has 1 heterocycles. The number of benzene rings is 1. The van der Waals surface area contributed by atoms with Crippen LogP contribution in [-0.4, -0.2) is 20.3 Å². The van der Waals surface area contributed by atoms with Gasteiger partial charge in [-0.15, -0.1) is 0 Å². The molecule has 1 aromatic rings. The van der Waals surface area contributed by atoms with Gasteiger partial charge in [-0.1, -0.05) is 0 Å². The van der Waals surface area contributed by atoms with E-state index in [1.807, 2.05) is 0 Å². The molecule has 0 atom stereocenters. The molecule has 0 amide bonds. The molecule has 1 aliphatic rings. The van der Waals surface area contributed by atoms with Crippen LogP contribution < -0.4 is 5.32 Å². The molecule has 1 fully saturated rings. The van der Waals surface area contributed by atoms with Gasteiger partial charge in [-0.2, -0.15) is 0 Å². The summed E-state index contributed by atoms with van der Waals surface area (Å²) in [7, 11) is 1.72. The molecular weight excluding hydrogens is 188 g/mol. The van der Waals surface area contributed by atoms with E-state index < -0.39 is 17.2 Å². The Morgan fingerprint density at radius 3 is 2.57 bits per heavy atom. The molecule has 2 nitrogen and oxygen atoms in total. The monoisotopic (exact) mass is 199 g/mol. The molecule has 0 unspecified atom stereocenters. The van der Waals surface area contributed by atoms with Crippen molar-refractivity contribution in [1.82, 2.24) is 5.32 Å². The van der Waals surface area contributed by atoms with Crippen LogP contribution in [0.15, 0.2) is 18.2 Å². The van der Waals surface area contributed by atoms with Crippen LogP contribution in [0, 0.1) is 11.6 Å². The number of ether oxygens (including phenoxy) is 1. The van der Waals surface area contributed by atoms with Crippen LogP contribution in [0.3, 0.4) is 0 Å². The highest BCUT2D eigenvalue weighted by atomic mass is 19.1. The molecule has 4 heteroatoms. The second-order valence-electron chi connectivity index (χ2n) is 3.45. The Kier molecular flexibility index (Phi) is 2.25. The van der Waals surface area contributed by atoms with Gasteiger partial charge in [0.2, 0.25) is 0 Å². The maximum absolute atomic E-state index is 13.4. The number of hydrogen-bond acceptors (Lipinski definition) is 2. The van der Waals surface area contributed by atoms with E-state index in [-0.39, 0.29) is 0 Å². The molecule has 2 rings (SSSR count). The second-order valence-corrected chi connectivity index (χ2v) is 3.45. The minimum Gasteiger partial charge on any atom is -0.377 e. The predicted molar refractivity (Wildman–Crippen MR) is 47.9 cm³/mol. The van der Waals surface area contributed by atoms with E-state index in [0.29, 0.717) is 18.8 Å². The summed E-state index contributed by atoms with van der Waals surface area (Å²) in [6.07, 6.45) is 0. The Morgan fingerprint density at radius 1 is 1.36 bits per heavy atom. The molecule has 14 heavy (non-hydrogen) atoms. The van der Waals surface area contributed by atoms with Crippen LogP contribution >= 0.6 is 0 Å². The lowest BCUT2D eigenvalue weighted by Crippen LogP contribution is -2.56. The highest BCUT2D eigenvalue weighted by Gasteiger charge is 2.40. The van der Waals surface area contributed by atoms with E-state index in [0.717, 1.165) is 12.1 Å². The third-order valence-corrected chi connectivity index (χ3v) is 2.62. The third kappa shape index (κ3) is 1.31. The Labute approximate surface area is 80.9 Å². The second kappa shape index (κ2) is 3.29. The van der Waals surface area contributed by atoms with Gasteiger partial charge in [0, 0.05) is 5.56 Å². The smallest absolute Gasteiger partial charge is 0.128 e. The maximum Gasteiger partial charge on any atom is 0.128 e. The molecule has 76 valence electrons. The number of nitrogens with one attached hydrogen (secondary N) is 1. The summed E-state index contributed by atoms with van der Waals surface area (Å²) >= 11 is 0. The quantitative estimate of drug-likeness (QED) is 0.777. The summed E-state index contributed by atoms with van der Waals surface area (Å²) in [5, 5.41) is 2.97. The van der Waals surface area contributed by atoms with Gasteiger partial charge in [-0.3, -0.25) is 0 Å². The number of hydrogen-bond donors (Lipinski definition) is 1. The van der Waals surface area contributed by atoms with Gasteiger partial charge in [0.25, 0.3) is 0 Å². The van der Waals surface area contributed by atoms with Crippen molar-refractivity contribution in [2.75, 3.05) is 20.3 Å². The van der Waals surface area contributed by atoms with Crippen molar-refractivity contribution in [2.24, 2.45) is 0 Å². The molecule has 1 aromatic carbocycles. The lowest BCUT2D eigenvalue weighted by molar-refractivity contribution is -0.0765. The fourth-order valence-electron chi connectivity index (χ4n) is 1.60. The highest BCUT2D eigenvalue weighted by molar-refractivity contribution is 5.29. The molecule has 1 saturated heterocycles. The van der Waals surface area contributed by atoms with Gasteiger partial charge in [-0.05, 0) is 25.2 Å². The Morgan fingerprint density at radius 2 is 2.07 bits per heavy atom. The van der Waals surface area contributed by atoms with Crippen LogP contribution in [0.2, 0.25) is 0 Å². The van der Waals surface area contributed by atoms with Crippen LogP contribution in [-0.2, 0) is 10.3 Å². The van der Waals surface area contributed by atoms with E-state index in [1.165, 1.54) is 6.07 Å². The van der Waals surface area contributed by atoms with Gasteiger partial charge in [0.05, 0.1) is 18.8 Å². The highest BCUT2D eigenvalue weighted by Crippen LogP contribution is 2.31. The third-order valence-electron chi connectivity index (χ3n) is 2.62. The topological polar surface area (TPSA) is 21.3 Å². The molecule has 0 bridgehead atoms. The molecule has 0 aromatic heterocycles. The lowest BCUT2D eigenvalue weighted by atomic mass is 9.88. The average molecular weight is 199 g/mol. The summed E-state index contributed by atoms with van der Waals surface area (Å²) < 4.78 is 31.4. The Balaban J connectivity index is 2.43. The van der Waals surface area contributed by atoms with Gasteiger partial charge in [0.1, 0.15) is 11.6 Å². The number of rotatable bonds is 2. The Bertz CT molecular complexity index is 344. The minimum absolute atomic E-state index is 0.339. The normalized spacial score (nSPS) is 19.1. The first kappa shape index (κ1) is 9.55. The zero-order valence-electron chi connectivity index (χ0n) is 7.81. The molecule has 1 N–H and O–H groups in total. The van der Waals surface area contributed by atoms with Gasteiger partial charge in [-0.25, -0.2) is 8.78 Å². The minimum atomic E-state index is -0.549. The van der Waals surface area contributed by atoms with Gasteiger partial charge in [0.15, 0.2) is 0 Å². The van der Waals surface area contributed by atoms with Crippen molar-refractivity contribution in [2.45, 2.75) is 5.54 Å². The summed E-state index contributed by atoms with van der Waals surface area (Å²) in [4.78, 5) is 0. The summed E-state index contributed by atoms with van der Waals surface area (Å²) in [6, 6.07) is 3.47. The van der Waals surface area contributed by atoms with Crippen LogP contribution in [0.4, 0.5) is 8.78 Å². The predicted octanol–water partition coefficient (Wildman–Crippen LogP) is 1.41. The zero-order valence-corrected chi connectivity index (χ0v) is 7.81. The zero-order chi connectivity index (χ0) is 10.2. The SMILES string of the molecule is CNC1(c2cc(F)ccc2F)COC1. The molecular formula is C10H11F2NO. The number of likely N-dealkylation sites (N-methyl/N-ethyl adjacent to an activating group) is 1. The lowest BCUT2D eigenvalue weighted by Gasteiger charge is -2.41. The van der Waals surface area contributed by atoms with Gasteiger partial charge < -0.3 is 10.1 Å². The molecule has 0 radical (unpaired) electrons. The van der Waals surface area contributed by atoms with Crippen molar-refractivity contribution in [1.29, 1.82) is 0 Å². The number of halogens is 2. The van der Waals surface area contributed by atoms with Crippen molar-refractivity contribution < 1.29 is 13.5 Å². The van der Waals surface area contributed by atoms with E-state index in [2.05, 4.69) is 5.32 Å². The summed E-state index contributed by atoms with van der Waals surface area (Å²) in [5.74, 6) is -0.827. The van der Waals surface area contributed by atoms with E-state index in [9.17, 15) is 8.78 Å². The van der Waals surface area contributed by atoms with E-state index in [1.54, 1.807) is 7.05 Å². The average Bonchev–Trinajstić information content (AvgIpc) is 2.10. The van der Waals surface area contributed by atoms with Crippen molar-refractivity contribution in [3.63, 3.8) is 0 Å². The van der Waals surface area contributed by atoms with Crippen LogP contribution in [0.25, 0.3) is 0 Å². The van der Waals surface area contributed by atoms with Crippen molar-refractivity contribution >= 4 is 0 Å². The van der Waals surface area contributed by atoms with Crippen LogP contribution in [0.5, 0.6) is 0 Å². The fourth-order valence-corrected chi connectivity index (χ4v) is 1.60. The van der Waals surface area contributed by atoms with Crippen molar-refractivity contribution in [3.05, 3.63) is 35.4 Å². The van der Waals surface area contributed by atoms with E-state index >= 15 is 0 Å². The summed E-state index contributed by atoms with van der Waals surface area (Å²) in [6.45, 7) is 0.758. The Hall–Kier alpha value is -1.00. The standard InChI is InChI=1S/C10H11F2NO/c1-13-10(5-14-6-10)8-4-7(11)2-3-9(8)12/h2-4,13H,5-6H2,1H3. The van der Waals surface area contributed by atoms with Crippen molar-refractivity contribution in [3.8, 4) is 0 Å². The molecule has 0 aliphatic carbocycles. The first-order chi connectivity index (χ1) is 6.68. The first-order valence-electron chi connectivity index (χ1n) is 4.40. The molecule has 0 saturated carbocycles.